The van der Waals surface area contributed by atoms with Gasteiger partial charge in [-0.05, 0) is 49.2 Å². The van der Waals surface area contributed by atoms with E-state index in [0.717, 1.165) is 12.0 Å². The summed E-state index contributed by atoms with van der Waals surface area (Å²) in [5.41, 5.74) is 2.17. The molecule has 0 aliphatic rings. The Bertz CT molecular complexity index is 939. The smallest absolute Gasteiger partial charge is 0.228 e. The van der Waals surface area contributed by atoms with Crippen molar-refractivity contribution in [2.75, 3.05) is 7.11 Å². The lowest BCUT2D eigenvalue weighted by Gasteiger charge is -2.05. The lowest BCUT2D eigenvalue weighted by atomic mass is 10.0. The second kappa shape index (κ2) is 6.81. The number of methoxy groups -OCH3 is 1. The Labute approximate surface area is 151 Å². The molecule has 0 saturated carbocycles. The molecule has 3 rings (SSSR count). The zero-order valence-corrected chi connectivity index (χ0v) is 15.1. The van der Waals surface area contributed by atoms with E-state index in [4.69, 9.17) is 20.8 Å². The lowest BCUT2D eigenvalue weighted by Crippen LogP contribution is -2.01. The summed E-state index contributed by atoms with van der Waals surface area (Å²) in [6.45, 7) is 3.78. The molecule has 5 heteroatoms. The summed E-state index contributed by atoms with van der Waals surface area (Å²) in [5, 5.41) is 11.5. The molecule has 0 radical (unpaired) electrons. The Kier molecular flexibility index (Phi) is 4.73. The van der Waals surface area contributed by atoms with Crippen LogP contribution in [-0.2, 0) is 6.42 Å². The number of ketones is 1. The van der Waals surface area contributed by atoms with Crippen molar-refractivity contribution >= 4 is 28.4 Å². The molecule has 0 fully saturated rings. The number of aryl methyl sites for hydroxylation is 2. The number of aromatic hydroxyl groups is 1. The maximum Gasteiger partial charge on any atom is 0.228 e. The van der Waals surface area contributed by atoms with Crippen LogP contribution in [-0.4, -0.2) is 18.0 Å². The minimum Gasteiger partial charge on any atom is -0.507 e. The number of benzene rings is 2. The van der Waals surface area contributed by atoms with Crippen molar-refractivity contribution in [3.8, 4) is 11.5 Å². The van der Waals surface area contributed by atoms with Crippen molar-refractivity contribution in [1.29, 1.82) is 0 Å². The third kappa shape index (κ3) is 2.98. The van der Waals surface area contributed by atoms with E-state index in [1.807, 2.05) is 6.92 Å². The second-order valence-corrected chi connectivity index (χ2v) is 6.34. The summed E-state index contributed by atoms with van der Waals surface area (Å²) in [5.74, 6) is 0.730. The SMILES string of the molecule is CCCc1cc(Cl)c2oc(C(=O)c3ccc(OC)cc3)c(C)c2c1O. The van der Waals surface area contributed by atoms with Crippen molar-refractivity contribution in [3.05, 3.63) is 57.8 Å². The van der Waals surface area contributed by atoms with E-state index in [2.05, 4.69) is 0 Å². The topological polar surface area (TPSA) is 59.7 Å². The average Bonchev–Trinajstić information content (AvgIpc) is 2.97. The van der Waals surface area contributed by atoms with Crippen LogP contribution in [0.2, 0.25) is 5.02 Å². The molecule has 3 aromatic rings. The molecule has 0 spiro atoms. The molecule has 1 N–H and O–H groups in total. The van der Waals surface area contributed by atoms with Crippen LogP contribution in [0, 0.1) is 6.92 Å². The van der Waals surface area contributed by atoms with E-state index in [1.54, 1.807) is 44.4 Å². The largest absolute Gasteiger partial charge is 0.507 e. The van der Waals surface area contributed by atoms with Crippen molar-refractivity contribution < 1.29 is 19.1 Å². The van der Waals surface area contributed by atoms with Crippen LogP contribution in [0.1, 0.15) is 40.6 Å². The monoisotopic (exact) mass is 358 g/mol. The summed E-state index contributed by atoms with van der Waals surface area (Å²) >= 11 is 6.31. The minimum atomic E-state index is -0.260. The van der Waals surface area contributed by atoms with Crippen LogP contribution in [0.3, 0.4) is 0 Å². The molecule has 1 aromatic heterocycles. The van der Waals surface area contributed by atoms with Gasteiger partial charge in [0, 0.05) is 11.1 Å². The Morgan fingerprint density at radius 2 is 1.96 bits per heavy atom. The highest BCUT2D eigenvalue weighted by atomic mass is 35.5. The van der Waals surface area contributed by atoms with Gasteiger partial charge in [-0.25, -0.2) is 0 Å². The molecule has 0 amide bonds. The maximum atomic E-state index is 12.8. The fourth-order valence-corrected chi connectivity index (χ4v) is 3.23. The zero-order valence-electron chi connectivity index (χ0n) is 14.4. The third-order valence-electron chi connectivity index (χ3n) is 4.28. The van der Waals surface area contributed by atoms with Gasteiger partial charge in [0.1, 0.15) is 11.5 Å². The van der Waals surface area contributed by atoms with Gasteiger partial charge in [0.2, 0.25) is 5.78 Å². The number of rotatable bonds is 5. The molecule has 0 aliphatic carbocycles. The van der Waals surface area contributed by atoms with Gasteiger partial charge >= 0.3 is 0 Å². The van der Waals surface area contributed by atoms with Crippen LogP contribution in [0.4, 0.5) is 0 Å². The molecular weight excluding hydrogens is 340 g/mol. The molecular formula is C20H19ClO4. The van der Waals surface area contributed by atoms with Crippen molar-refractivity contribution in [2.45, 2.75) is 26.7 Å². The molecule has 25 heavy (non-hydrogen) atoms. The quantitative estimate of drug-likeness (QED) is 0.629. The Balaban J connectivity index is 2.13. The fourth-order valence-electron chi connectivity index (χ4n) is 2.96. The van der Waals surface area contributed by atoms with Crippen LogP contribution >= 0.6 is 11.6 Å². The van der Waals surface area contributed by atoms with Gasteiger partial charge in [-0.15, -0.1) is 0 Å². The lowest BCUT2D eigenvalue weighted by molar-refractivity contribution is 0.101. The van der Waals surface area contributed by atoms with Crippen molar-refractivity contribution in [3.63, 3.8) is 0 Å². The van der Waals surface area contributed by atoms with Crippen molar-refractivity contribution in [2.24, 2.45) is 0 Å². The van der Waals surface area contributed by atoms with Crippen LogP contribution in [0.5, 0.6) is 11.5 Å². The van der Waals surface area contributed by atoms with E-state index in [-0.39, 0.29) is 17.3 Å². The van der Waals surface area contributed by atoms with Gasteiger partial charge < -0.3 is 14.3 Å². The predicted molar refractivity (Wildman–Crippen MR) is 98.0 cm³/mol. The number of hydrogen-bond donors (Lipinski definition) is 1. The first-order valence-electron chi connectivity index (χ1n) is 8.10. The molecule has 0 unspecified atom stereocenters. The molecule has 130 valence electrons. The molecule has 4 nitrogen and oxygen atoms in total. The summed E-state index contributed by atoms with van der Waals surface area (Å²) in [6, 6.07) is 8.49. The third-order valence-corrected chi connectivity index (χ3v) is 4.56. The van der Waals surface area contributed by atoms with E-state index in [0.29, 0.717) is 39.3 Å². The Hall–Kier alpha value is -2.46. The maximum absolute atomic E-state index is 12.8. The number of halogens is 1. The number of ether oxygens (including phenoxy) is 1. The molecule has 2 aromatic carbocycles. The number of fused-ring (bicyclic) bond motifs is 1. The zero-order chi connectivity index (χ0) is 18.1. The number of phenolic OH excluding ortho intramolecular Hbond substituents is 1. The van der Waals surface area contributed by atoms with Crippen LogP contribution < -0.4 is 4.74 Å². The number of furan rings is 1. The van der Waals surface area contributed by atoms with Gasteiger partial charge in [0.15, 0.2) is 11.3 Å². The molecule has 0 aliphatic heterocycles. The fraction of sp³-hybridized carbons (Fsp3) is 0.250. The van der Waals surface area contributed by atoms with Crippen molar-refractivity contribution in [1.82, 2.24) is 0 Å². The van der Waals surface area contributed by atoms with E-state index >= 15 is 0 Å². The van der Waals surface area contributed by atoms with Crippen LogP contribution in [0.25, 0.3) is 11.0 Å². The summed E-state index contributed by atoms with van der Waals surface area (Å²) < 4.78 is 10.9. The summed E-state index contributed by atoms with van der Waals surface area (Å²) in [4.78, 5) is 12.8. The first-order chi connectivity index (χ1) is 12.0. The van der Waals surface area contributed by atoms with Gasteiger partial charge in [-0.1, -0.05) is 24.9 Å². The Morgan fingerprint density at radius 3 is 2.56 bits per heavy atom. The van der Waals surface area contributed by atoms with E-state index in [9.17, 15) is 9.90 Å². The van der Waals surface area contributed by atoms with Gasteiger partial charge in [0.25, 0.3) is 0 Å². The molecule has 0 bridgehead atoms. The summed E-state index contributed by atoms with van der Waals surface area (Å²) in [7, 11) is 1.57. The number of carbonyl (C=O) groups is 1. The first kappa shape index (κ1) is 17.4. The molecule has 1 heterocycles. The summed E-state index contributed by atoms with van der Waals surface area (Å²) in [6.07, 6.45) is 1.58. The molecule has 0 saturated heterocycles. The first-order valence-corrected chi connectivity index (χ1v) is 8.47. The highest BCUT2D eigenvalue weighted by Gasteiger charge is 2.24. The van der Waals surface area contributed by atoms with Gasteiger partial charge in [-0.2, -0.15) is 0 Å². The van der Waals surface area contributed by atoms with Gasteiger partial charge in [-0.3, -0.25) is 4.79 Å². The van der Waals surface area contributed by atoms with Gasteiger partial charge in [0.05, 0.1) is 17.5 Å². The second-order valence-electron chi connectivity index (χ2n) is 5.93. The highest BCUT2D eigenvalue weighted by Crippen LogP contribution is 2.40. The standard InChI is InChI=1S/C20H19ClO4/c1-4-5-13-10-15(21)20-16(17(13)22)11(2)19(25-20)18(23)12-6-8-14(24-3)9-7-12/h6-10,22H,4-5H2,1-3H3. The number of phenols is 1. The highest BCUT2D eigenvalue weighted by molar-refractivity contribution is 6.35. The van der Waals surface area contributed by atoms with Crippen LogP contribution in [0.15, 0.2) is 34.7 Å². The normalized spacial score (nSPS) is 11.0. The number of carbonyl (C=O) groups excluding carboxylic acids is 1. The van der Waals surface area contributed by atoms with E-state index in [1.165, 1.54) is 0 Å². The predicted octanol–water partition coefficient (Wildman–Crippen LogP) is 5.29. The number of hydrogen-bond acceptors (Lipinski definition) is 4. The Morgan fingerprint density at radius 1 is 1.28 bits per heavy atom. The van der Waals surface area contributed by atoms with E-state index < -0.39 is 0 Å². The average molecular weight is 359 g/mol. The molecule has 0 atom stereocenters. The minimum absolute atomic E-state index is 0.135.